The van der Waals surface area contributed by atoms with Crippen LogP contribution in [0.15, 0.2) is 46.9 Å². The molecule has 0 aliphatic rings. The highest BCUT2D eigenvalue weighted by Gasteiger charge is 2.09. The first-order chi connectivity index (χ1) is 9.70. The van der Waals surface area contributed by atoms with Gasteiger partial charge in [0, 0.05) is 16.0 Å². The molecule has 1 aromatic heterocycles. The molecule has 1 aromatic carbocycles. The Morgan fingerprint density at radius 3 is 2.55 bits per heavy atom. The number of hydrazone groups is 1. The molecule has 0 saturated heterocycles. The molecule has 0 aliphatic heterocycles. The van der Waals surface area contributed by atoms with E-state index in [-0.39, 0.29) is 11.1 Å². The Morgan fingerprint density at radius 2 is 1.90 bits per heavy atom. The summed E-state index contributed by atoms with van der Waals surface area (Å²) in [6.45, 7) is 0. The van der Waals surface area contributed by atoms with Gasteiger partial charge < -0.3 is 0 Å². The fourth-order valence-electron chi connectivity index (χ4n) is 1.45. The van der Waals surface area contributed by atoms with Gasteiger partial charge in [-0.2, -0.15) is 5.10 Å². The van der Waals surface area contributed by atoms with Crippen molar-refractivity contribution in [2.24, 2.45) is 5.10 Å². The van der Waals surface area contributed by atoms with Crippen LogP contribution in [-0.4, -0.2) is 23.2 Å². The summed E-state index contributed by atoms with van der Waals surface area (Å²) >= 11 is 1.50. The number of hydroxylamine groups is 1. The molecular weight excluding hydrogens is 278 g/mol. The average Bonchev–Trinajstić information content (AvgIpc) is 2.99. The average molecular weight is 289 g/mol. The maximum Gasteiger partial charge on any atom is 0.274 e. The number of nitrogens with one attached hydrogen (secondary N) is 2. The van der Waals surface area contributed by atoms with Gasteiger partial charge in [-0.1, -0.05) is 12.1 Å². The smallest absolute Gasteiger partial charge is 0.274 e. The van der Waals surface area contributed by atoms with Gasteiger partial charge in [0.15, 0.2) is 0 Å². The molecule has 2 amide bonds. The normalized spacial score (nSPS) is 10.4. The van der Waals surface area contributed by atoms with E-state index in [4.69, 9.17) is 5.21 Å². The van der Waals surface area contributed by atoms with Crippen LogP contribution >= 0.6 is 11.3 Å². The lowest BCUT2D eigenvalue weighted by Gasteiger charge is -2.02. The first-order valence-electron chi connectivity index (χ1n) is 5.62. The minimum absolute atomic E-state index is 0.183. The fourth-order valence-corrected chi connectivity index (χ4v) is 2.03. The number of nitrogens with zero attached hydrogens (tertiary/aromatic N) is 1. The molecule has 3 N–H and O–H groups in total. The zero-order valence-electron chi connectivity index (χ0n) is 10.2. The van der Waals surface area contributed by atoms with Gasteiger partial charge in [-0.15, -0.1) is 11.3 Å². The molecule has 6 nitrogen and oxygen atoms in total. The van der Waals surface area contributed by atoms with E-state index in [1.54, 1.807) is 12.1 Å². The van der Waals surface area contributed by atoms with Crippen molar-refractivity contribution in [1.29, 1.82) is 0 Å². The highest BCUT2D eigenvalue weighted by Crippen LogP contribution is 2.06. The Balaban J connectivity index is 2.04. The highest BCUT2D eigenvalue weighted by molar-refractivity contribution is 7.11. The zero-order valence-corrected chi connectivity index (χ0v) is 11.1. The van der Waals surface area contributed by atoms with Crippen LogP contribution in [-0.2, 0) is 0 Å². The van der Waals surface area contributed by atoms with Crippen LogP contribution < -0.4 is 10.9 Å². The van der Waals surface area contributed by atoms with Gasteiger partial charge >= 0.3 is 0 Å². The van der Waals surface area contributed by atoms with Crippen LogP contribution in [0.25, 0.3) is 0 Å². The number of hydrogen-bond donors (Lipinski definition) is 3. The summed E-state index contributed by atoms with van der Waals surface area (Å²) in [6, 6.07) is 9.68. The van der Waals surface area contributed by atoms with Crippen molar-refractivity contribution in [2.45, 2.75) is 0 Å². The predicted molar refractivity (Wildman–Crippen MR) is 75.1 cm³/mol. The Hall–Kier alpha value is -2.51. The Morgan fingerprint density at radius 1 is 1.15 bits per heavy atom. The monoisotopic (exact) mass is 289 g/mol. The molecule has 102 valence electrons. The molecule has 0 aliphatic carbocycles. The van der Waals surface area contributed by atoms with E-state index in [2.05, 4.69) is 10.5 Å². The van der Waals surface area contributed by atoms with Gasteiger partial charge in [0.1, 0.15) is 0 Å². The summed E-state index contributed by atoms with van der Waals surface area (Å²) in [5.41, 5.74) is 4.33. The topological polar surface area (TPSA) is 90.8 Å². The third kappa shape index (κ3) is 3.50. The number of hydrogen-bond acceptors (Lipinski definition) is 5. The Bertz CT molecular complexity index is 638. The molecule has 0 unspecified atom stereocenters. The van der Waals surface area contributed by atoms with Crippen LogP contribution in [0, 0.1) is 0 Å². The third-order valence-electron chi connectivity index (χ3n) is 2.39. The zero-order chi connectivity index (χ0) is 14.4. The van der Waals surface area contributed by atoms with Gasteiger partial charge in [-0.25, -0.2) is 10.9 Å². The van der Waals surface area contributed by atoms with Crippen molar-refractivity contribution >= 4 is 29.4 Å². The fraction of sp³-hybridized carbons (Fsp3) is 0. The second-order valence-electron chi connectivity index (χ2n) is 3.74. The van der Waals surface area contributed by atoms with Crippen LogP contribution in [0.4, 0.5) is 0 Å². The standard InChI is InChI=1S/C13H11N3O3S/c17-12(15-14-8-11-5-2-6-20-11)9-3-1-4-10(7-9)13(18)16-19/h1-8,19H,(H,15,17)(H,16,18)/b14-8+. The predicted octanol–water partition coefficient (Wildman–Crippen LogP) is 1.63. The minimum atomic E-state index is -0.679. The summed E-state index contributed by atoms with van der Waals surface area (Å²) in [5, 5.41) is 14.3. The lowest BCUT2D eigenvalue weighted by atomic mass is 10.1. The molecule has 0 saturated carbocycles. The van der Waals surface area contributed by atoms with Crippen molar-refractivity contribution in [3.8, 4) is 0 Å². The van der Waals surface area contributed by atoms with Crippen molar-refractivity contribution in [2.75, 3.05) is 0 Å². The number of amides is 2. The first-order valence-corrected chi connectivity index (χ1v) is 6.50. The molecule has 20 heavy (non-hydrogen) atoms. The minimum Gasteiger partial charge on any atom is -0.288 e. The second-order valence-corrected chi connectivity index (χ2v) is 4.72. The molecular formula is C13H11N3O3S. The molecule has 0 fully saturated rings. The van der Waals surface area contributed by atoms with Gasteiger partial charge in [0.05, 0.1) is 6.21 Å². The van der Waals surface area contributed by atoms with E-state index in [9.17, 15) is 9.59 Å². The van der Waals surface area contributed by atoms with Crippen LogP contribution in [0.1, 0.15) is 25.6 Å². The maximum atomic E-state index is 11.8. The number of carbonyl (C=O) groups excluding carboxylic acids is 2. The Kier molecular flexibility index (Phi) is 4.59. The highest BCUT2D eigenvalue weighted by atomic mass is 32.1. The van der Waals surface area contributed by atoms with Gasteiger partial charge in [0.25, 0.3) is 11.8 Å². The molecule has 1 heterocycles. The van der Waals surface area contributed by atoms with Gasteiger partial charge in [-0.05, 0) is 29.6 Å². The van der Waals surface area contributed by atoms with Gasteiger partial charge in [0.2, 0.25) is 0 Å². The molecule has 0 spiro atoms. The molecule has 2 aromatic rings. The number of carbonyl (C=O) groups is 2. The van der Waals surface area contributed by atoms with E-state index < -0.39 is 11.8 Å². The quantitative estimate of drug-likeness (QED) is 0.454. The van der Waals surface area contributed by atoms with Crippen LogP contribution in [0.3, 0.4) is 0 Å². The van der Waals surface area contributed by atoms with Crippen LogP contribution in [0.5, 0.6) is 0 Å². The van der Waals surface area contributed by atoms with E-state index in [1.165, 1.54) is 35.2 Å². The summed E-state index contributed by atoms with van der Waals surface area (Å²) in [4.78, 5) is 24.0. The van der Waals surface area contributed by atoms with E-state index in [1.807, 2.05) is 17.5 Å². The first kappa shape index (κ1) is 13.9. The van der Waals surface area contributed by atoms with E-state index in [0.29, 0.717) is 0 Å². The van der Waals surface area contributed by atoms with E-state index in [0.717, 1.165) is 4.88 Å². The summed E-state index contributed by atoms with van der Waals surface area (Å²) in [5.74, 6) is -1.12. The summed E-state index contributed by atoms with van der Waals surface area (Å²) < 4.78 is 0. The molecule has 0 atom stereocenters. The lowest BCUT2D eigenvalue weighted by molar-refractivity contribution is 0.0706. The second kappa shape index (κ2) is 6.60. The summed E-state index contributed by atoms with van der Waals surface area (Å²) in [7, 11) is 0. The summed E-state index contributed by atoms with van der Waals surface area (Å²) in [6.07, 6.45) is 1.53. The molecule has 0 bridgehead atoms. The molecule has 7 heteroatoms. The molecule has 2 rings (SSSR count). The number of benzene rings is 1. The Labute approximate surface area is 118 Å². The maximum absolute atomic E-state index is 11.8. The van der Waals surface area contributed by atoms with Crippen molar-refractivity contribution in [3.63, 3.8) is 0 Å². The van der Waals surface area contributed by atoms with Crippen molar-refractivity contribution in [1.82, 2.24) is 10.9 Å². The number of rotatable bonds is 4. The van der Waals surface area contributed by atoms with Crippen LogP contribution in [0.2, 0.25) is 0 Å². The third-order valence-corrected chi connectivity index (χ3v) is 3.20. The number of thiophene rings is 1. The largest absolute Gasteiger partial charge is 0.288 e. The van der Waals surface area contributed by atoms with Crippen molar-refractivity contribution < 1.29 is 14.8 Å². The van der Waals surface area contributed by atoms with Crippen molar-refractivity contribution in [3.05, 3.63) is 57.8 Å². The molecule has 0 radical (unpaired) electrons. The SMILES string of the molecule is O=C(NO)c1cccc(C(=O)N/N=C/c2cccs2)c1. The lowest BCUT2D eigenvalue weighted by Crippen LogP contribution is -2.21. The van der Waals surface area contributed by atoms with Gasteiger partial charge in [-0.3, -0.25) is 14.8 Å². The van der Waals surface area contributed by atoms with E-state index >= 15 is 0 Å².